The maximum absolute atomic E-state index is 8.68. The first-order valence-corrected chi connectivity index (χ1v) is 3.96. The molecular formula is C6H9BrO. The first-order valence-electron chi connectivity index (χ1n) is 3.04. The van der Waals surface area contributed by atoms with Crippen LogP contribution in [0.5, 0.6) is 0 Å². The lowest BCUT2D eigenvalue weighted by atomic mass is 10.3. The van der Waals surface area contributed by atoms with Crippen molar-refractivity contribution in [2.75, 3.05) is 6.61 Å². The largest absolute Gasteiger partial charge is 0.396 e. The van der Waals surface area contributed by atoms with Gasteiger partial charge in [-0.15, -0.1) is 0 Å². The monoisotopic (exact) mass is 176 g/mol. The Labute approximate surface area is 57.2 Å². The molecule has 0 unspecified atom stereocenters. The van der Waals surface area contributed by atoms with E-state index in [0.717, 1.165) is 4.83 Å². The Hall–Kier alpha value is 0.440. The maximum Gasteiger partial charge on any atom is 0.0465 e. The van der Waals surface area contributed by atoms with Gasteiger partial charge in [-0.05, 0) is 24.2 Å². The highest BCUT2D eigenvalue weighted by molar-refractivity contribution is 9.09. The van der Waals surface area contributed by atoms with Crippen molar-refractivity contribution in [3.05, 3.63) is 0 Å². The van der Waals surface area contributed by atoms with Gasteiger partial charge in [0, 0.05) is 11.4 Å². The van der Waals surface area contributed by atoms with E-state index in [4.69, 9.17) is 5.11 Å². The Morgan fingerprint density at radius 1 is 1.62 bits per heavy atom. The Balaban J connectivity index is 1.97. The Morgan fingerprint density at radius 2 is 2.25 bits per heavy atom. The summed E-state index contributed by atoms with van der Waals surface area (Å²) in [6, 6.07) is 0. The average molecular weight is 177 g/mol. The van der Waals surface area contributed by atoms with Gasteiger partial charge in [0.15, 0.2) is 0 Å². The lowest BCUT2D eigenvalue weighted by Crippen LogP contribution is -1.88. The highest BCUT2D eigenvalue weighted by atomic mass is 79.9. The molecule has 46 valence electrons. The fourth-order valence-corrected chi connectivity index (χ4v) is 2.72. The Kier molecular flexibility index (Phi) is 0.848. The molecule has 2 aliphatic rings. The van der Waals surface area contributed by atoms with Crippen molar-refractivity contribution in [1.29, 1.82) is 0 Å². The number of aliphatic hydroxyl groups excluding tert-OH is 1. The van der Waals surface area contributed by atoms with Gasteiger partial charge in [-0.1, -0.05) is 15.9 Å². The molecule has 0 aliphatic heterocycles. The molecule has 1 spiro atoms. The van der Waals surface area contributed by atoms with Crippen molar-refractivity contribution < 1.29 is 5.11 Å². The first-order chi connectivity index (χ1) is 3.79. The molecule has 0 amide bonds. The molecule has 0 aromatic heterocycles. The van der Waals surface area contributed by atoms with Gasteiger partial charge in [-0.3, -0.25) is 0 Å². The topological polar surface area (TPSA) is 20.2 Å². The summed E-state index contributed by atoms with van der Waals surface area (Å²) in [7, 11) is 0. The third-order valence-corrected chi connectivity index (χ3v) is 3.76. The fourth-order valence-electron chi connectivity index (χ4n) is 1.55. The normalized spacial score (nSPS) is 59.2. The quantitative estimate of drug-likeness (QED) is 0.595. The molecule has 2 fully saturated rings. The van der Waals surface area contributed by atoms with E-state index in [-0.39, 0.29) is 0 Å². The third kappa shape index (κ3) is 0.456. The minimum absolute atomic E-state index is 0.405. The number of aliphatic hydroxyl groups is 1. The van der Waals surface area contributed by atoms with Gasteiger partial charge in [0.25, 0.3) is 0 Å². The van der Waals surface area contributed by atoms with Crippen LogP contribution < -0.4 is 0 Å². The van der Waals surface area contributed by atoms with Crippen molar-refractivity contribution in [3.63, 3.8) is 0 Å². The molecule has 8 heavy (non-hydrogen) atoms. The summed E-state index contributed by atoms with van der Waals surface area (Å²) in [5, 5.41) is 8.68. The third-order valence-electron chi connectivity index (χ3n) is 2.52. The Morgan fingerprint density at radius 3 is 2.38 bits per heavy atom. The summed E-state index contributed by atoms with van der Waals surface area (Å²) < 4.78 is 0. The molecule has 0 aromatic carbocycles. The molecule has 0 heterocycles. The van der Waals surface area contributed by atoms with E-state index in [1.165, 1.54) is 12.8 Å². The lowest BCUT2D eigenvalue weighted by Gasteiger charge is -1.84. The van der Waals surface area contributed by atoms with E-state index in [0.29, 0.717) is 17.9 Å². The molecule has 2 aliphatic carbocycles. The van der Waals surface area contributed by atoms with Crippen LogP contribution in [0.1, 0.15) is 12.8 Å². The van der Waals surface area contributed by atoms with Gasteiger partial charge in [0.2, 0.25) is 0 Å². The van der Waals surface area contributed by atoms with Crippen LogP contribution in [0.2, 0.25) is 0 Å². The molecule has 0 radical (unpaired) electrons. The average Bonchev–Trinajstić information content (AvgIpc) is 2.55. The van der Waals surface area contributed by atoms with Gasteiger partial charge < -0.3 is 5.11 Å². The molecular weight excluding hydrogens is 168 g/mol. The molecule has 0 aromatic rings. The molecule has 3 atom stereocenters. The summed E-state index contributed by atoms with van der Waals surface area (Å²) in [4.78, 5) is 0.743. The van der Waals surface area contributed by atoms with Crippen LogP contribution in [-0.4, -0.2) is 16.5 Å². The van der Waals surface area contributed by atoms with Gasteiger partial charge in [-0.25, -0.2) is 0 Å². The van der Waals surface area contributed by atoms with Crippen molar-refractivity contribution in [2.45, 2.75) is 17.7 Å². The second-order valence-electron chi connectivity index (χ2n) is 2.99. The van der Waals surface area contributed by atoms with Gasteiger partial charge >= 0.3 is 0 Å². The van der Waals surface area contributed by atoms with Crippen LogP contribution in [0.3, 0.4) is 0 Å². The van der Waals surface area contributed by atoms with Crippen LogP contribution in [0.15, 0.2) is 0 Å². The summed E-state index contributed by atoms with van der Waals surface area (Å²) in [5.74, 6) is 0.645. The van der Waals surface area contributed by atoms with Crippen LogP contribution in [-0.2, 0) is 0 Å². The lowest BCUT2D eigenvalue weighted by molar-refractivity contribution is 0.267. The predicted octanol–water partition coefficient (Wildman–Crippen LogP) is 1.15. The molecule has 2 heteroatoms. The summed E-state index contributed by atoms with van der Waals surface area (Å²) in [6.07, 6.45) is 2.57. The smallest absolute Gasteiger partial charge is 0.0465 e. The van der Waals surface area contributed by atoms with E-state index in [9.17, 15) is 0 Å². The molecule has 1 N–H and O–H groups in total. The van der Waals surface area contributed by atoms with E-state index >= 15 is 0 Å². The zero-order valence-corrected chi connectivity index (χ0v) is 6.19. The zero-order valence-electron chi connectivity index (χ0n) is 4.60. The number of hydrogen-bond acceptors (Lipinski definition) is 1. The van der Waals surface area contributed by atoms with Crippen molar-refractivity contribution in [3.8, 4) is 0 Å². The second-order valence-corrected chi connectivity index (χ2v) is 4.09. The summed E-state index contributed by atoms with van der Waals surface area (Å²) in [5.41, 5.74) is 0.592. The molecule has 1 nitrogen and oxygen atoms in total. The molecule has 2 rings (SSSR count). The Bertz CT molecular complexity index is 126. The fraction of sp³-hybridized carbons (Fsp3) is 1.00. The molecule has 0 bridgehead atoms. The number of halogens is 1. The predicted molar refractivity (Wildman–Crippen MR) is 35.0 cm³/mol. The highest BCUT2D eigenvalue weighted by Gasteiger charge is 2.68. The van der Waals surface area contributed by atoms with Crippen molar-refractivity contribution in [2.24, 2.45) is 11.3 Å². The minimum Gasteiger partial charge on any atom is -0.396 e. The second kappa shape index (κ2) is 1.29. The maximum atomic E-state index is 8.68. The first kappa shape index (κ1) is 5.24. The van der Waals surface area contributed by atoms with E-state index in [2.05, 4.69) is 15.9 Å². The van der Waals surface area contributed by atoms with Crippen LogP contribution in [0, 0.1) is 11.3 Å². The summed E-state index contributed by atoms with van der Waals surface area (Å²) in [6.45, 7) is 0.405. The van der Waals surface area contributed by atoms with Gasteiger partial charge in [-0.2, -0.15) is 0 Å². The standard InChI is InChI=1S/C6H9BrO/c7-5-2-6(5)1-4(6)3-8/h4-5,8H,1-3H2/t4-,5-,6-/m0/s1. The summed E-state index contributed by atoms with van der Waals surface area (Å²) >= 11 is 3.54. The van der Waals surface area contributed by atoms with Crippen molar-refractivity contribution >= 4 is 15.9 Å². The molecule has 0 saturated heterocycles. The SMILES string of the molecule is OC[C@@H]1C[C@]12C[C@@H]2Br. The van der Waals surface area contributed by atoms with E-state index in [1.807, 2.05) is 0 Å². The van der Waals surface area contributed by atoms with Gasteiger partial charge in [0.1, 0.15) is 0 Å². The zero-order chi connectivity index (χ0) is 5.78. The van der Waals surface area contributed by atoms with Gasteiger partial charge in [0.05, 0.1) is 0 Å². The number of alkyl halides is 1. The van der Waals surface area contributed by atoms with Crippen LogP contribution >= 0.6 is 15.9 Å². The van der Waals surface area contributed by atoms with Crippen molar-refractivity contribution in [1.82, 2.24) is 0 Å². The highest BCUT2D eigenvalue weighted by Crippen LogP contribution is 2.73. The van der Waals surface area contributed by atoms with Crippen LogP contribution in [0.4, 0.5) is 0 Å². The van der Waals surface area contributed by atoms with E-state index < -0.39 is 0 Å². The number of rotatable bonds is 1. The molecule has 2 saturated carbocycles. The van der Waals surface area contributed by atoms with E-state index in [1.54, 1.807) is 0 Å². The number of hydrogen-bond donors (Lipinski definition) is 1. The minimum atomic E-state index is 0.405. The van der Waals surface area contributed by atoms with Crippen LogP contribution in [0.25, 0.3) is 0 Å².